The molecule has 0 aromatic carbocycles. The van der Waals surface area contributed by atoms with Crippen LogP contribution in [0, 0.1) is 13.8 Å². The fourth-order valence-corrected chi connectivity index (χ4v) is 3.61. The summed E-state index contributed by atoms with van der Waals surface area (Å²) in [4.78, 5) is 21.0. The van der Waals surface area contributed by atoms with Crippen molar-refractivity contribution in [2.24, 2.45) is 0 Å². The summed E-state index contributed by atoms with van der Waals surface area (Å²) in [5, 5.41) is 3.84. The van der Waals surface area contributed by atoms with Crippen LogP contribution in [0.2, 0.25) is 0 Å². The standard InChI is InChI=1S/C15H19N3O2S/c1-10-5-6-13(21-10)8-14(19)18-7-3-4-12(9-18)15-16-11(2)17-20-15/h5-6,12H,3-4,7-9H2,1-2H3/t12-/m0/s1. The minimum Gasteiger partial charge on any atom is -0.342 e. The first-order chi connectivity index (χ1) is 10.1. The van der Waals surface area contributed by atoms with E-state index in [1.165, 1.54) is 4.88 Å². The first-order valence-electron chi connectivity index (χ1n) is 7.25. The number of piperidine rings is 1. The monoisotopic (exact) mass is 305 g/mol. The Morgan fingerprint density at radius 3 is 3.00 bits per heavy atom. The van der Waals surface area contributed by atoms with Gasteiger partial charge in [-0.3, -0.25) is 4.79 Å². The van der Waals surface area contributed by atoms with Crippen LogP contribution in [0.1, 0.15) is 40.2 Å². The summed E-state index contributed by atoms with van der Waals surface area (Å²) in [5.41, 5.74) is 0. The van der Waals surface area contributed by atoms with Crippen LogP contribution in [0.4, 0.5) is 0 Å². The van der Waals surface area contributed by atoms with E-state index in [9.17, 15) is 4.79 Å². The number of nitrogens with zero attached hydrogens (tertiary/aromatic N) is 3. The van der Waals surface area contributed by atoms with Gasteiger partial charge in [-0.2, -0.15) is 4.98 Å². The maximum Gasteiger partial charge on any atom is 0.231 e. The van der Waals surface area contributed by atoms with Gasteiger partial charge >= 0.3 is 0 Å². The summed E-state index contributed by atoms with van der Waals surface area (Å²) >= 11 is 1.69. The van der Waals surface area contributed by atoms with E-state index in [-0.39, 0.29) is 11.8 Å². The first-order valence-corrected chi connectivity index (χ1v) is 8.07. The molecule has 3 heterocycles. The molecule has 0 spiro atoms. The van der Waals surface area contributed by atoms with E-state index in [1.807, 2.05) is 17.9 Å². The molecular weight excluding hydrogens is 286 g/mol. The number of hydrogen-bond acceptors (Lipinski definition) is 5. The highest BCUT2D eigenvalue weighted by atomic mass is 32.1. The van der Waals surface area contributed by atoms with Crippen LogP contribution in [0.25, 0.3) is 0 Å². The summed E-state index contributed by atoms with van der Waals surface area (Å²) in [7, 11) is 0. The van der Waals surface area contributed by atoms with Gasteiger partial charge in [0.25, 0.3) is 0 Å². The molecule has 1 aliphatic heterocycles. The molecule has 0 N–H and O–H groups in total. The molecule has 21 heavy (non-hydrogen) atoms. The lowest BCUT2D eigenvalue weighted by atomic mass is 9.97. The van der Waals surface area contributed by atoms with Crippen molar-refractivity contribution in [3.8, 4) is 0 Å². The van der Waals surface area contributed by atoms with Crippen molar-refractivity contribution in [2.75, 3.05) is 13.1 Å². The van der Waals surface area contributed by atoms with Crippen LogP contribution >= 0.6 is 11.3 Å². The molecule has 1 amide bonds. The number of thiophene rings is 1. The zero-order valence-corrected chi connectivity index (χ0v) is 13.2. The molecule has 0 aliphatic carbocycles. The van der Waals surface area contributed by atoms with Gasteiger partial charge in [-0.25, -0.2) is 0 Å². The Labute approximate surface area is 128 Å². The Balaban J connectivity index is 1.64. The predicted octanol–water partition coefficient (Wildman–Crippen LogP) is 2.70. The van der Waals surface area contributed by atoms with Gasteiger partial charge < -0.3 is 9.42 Å². The number of aryl methyl sites for hydroxylation is 2. The Hall–Kier alpha value is -1.69. The number of likely N-dealkylation sites (tertiary alicyclic amines) is 1. The van der Waals surface area contributed by atoms with Gasteiger partial charge in [-0.15, -0.1) is 11.3 Å². The van der Waals surface area contributed by atoms with Gasteiger partial charge in [0, 0.05) is 22.8 Å². The third-order valence-electron chi connectivity index (χ3n) is 3.79. The van der Waals surface area contributed by atoms with Crippen LogP contribution in [-0.4, -0.2) is 34.0 Å². The maximum absolute atomic E-state index is 12.4. The SMILES string of the molecule is Cc1noc([C@H]2CCCN(C(=O)Cc3ccc(C)s3)C2)n1. The van der Waals surface area contributed by atoms with Crippen molar-refractivity contribution in [3.63, 3.8) is 0 Å². The molecule has 1 fully saturated rings. The van der Waals surface area contributed by atoms with E-state index >= 15 is 0 Å². The zero-order valence-electron chi connectivity index (χ0n) is 12.3. The Kier molecular flexibility index (Phi) is 4.05. The van der Waals surface area contributed by atoms with Gasteiger partial charge in [-0.1, -0.05) is 5.16 Å². The van der Waals surface area contributed by atoms with Crippen LogP contribution in [0.5, 0.6) is 0 Å². The van der Waals surface area contributed by atoms with Crippen LogP contribution in [-0.2, 0) is 11.2 Å². The second-order valence-electron chi connectivity index (χ2n) is 5.55. The van der Waals surface area contributed by atoms with Gasteiger partial charge in [-0.05, 0) is 38.8 Å². The van der Waals surface area contributed by atoms with E-state index in [4.69, 9.17) is 4.52 Å². The lowest BCUT2D eigenvalue weighted by molar-refractivity contribution is -0.131. The third kappa shape index (κ3) is 3.32. The van der Waals surface area contributed by atoms with Crippen molar-refractivity contribution in [2.45, 2.75) is 39.0 Å². The Bertz CT molecular complexity index is 634. The molecular formula is C15H19N3O2S. The largest absolute Gasteiger partial charge is 0.342 e. The lowest BCUT2D eigenvalue weighted by Crippen LogP contribution is -2.39. The highest BCUT2D eigenvalue weighted by Crippen LogP contribution is 2.26. The highest BCUT2D eigenvalue weighted by Gasteiger charge is 2.28. The molecule has 2 aromatic rings. The second-order valence-corrected chi connectivity index (χ2v) is 6.92. The van der Waals surface area contributed by atoms with Crippen molar-refractivity contribution in [1.29, 1.82) is 0 Å². The van der Waals surface area contributed by atoms with E-state index < -0.39 is 0 Å². The quantitative estimate of drug-likeness (QED) is 0.875. The summed E-state index contributed by atoms with van der Waals surface area (Å²) in [5.74, 6) is 1.69. The second kappa shape index (κ2) is 5.97. The molecule has 1 aliphatic rings. The average molecular weight is 305 g/mol. The number of rotatable bonds is 3. The Morgan fingerprint density at radius 2 is 2.33 bits per heavy atom. The number of aromatic nitrogens is 2. The fourth-order valence-electron chi connectivity index (χ4n) is 2.73. The van der Waals surface area contributed by atoms with Crippen molar-refractivity contribution in [3.05, 3.63) is 33.6 Å². The van der Waals surface area contributed by atoms with Crippen molar-refractivity contribution in [1.82, 2.24) is 15.0 Å². The minimum atomic E-state index is 0.175. The lowest BCUT2D eigenvalue weighted by Gasteiger charge is -2.31. The molecule has 1 saturated heterocycles. The van der Waals surface area contributed by atoms with Gasteiger partial charge in [0.15, 0.2) is 5.82 Å². The predicted molar refractivity (Wildman–Crippen MR) is 80.4 cm³/mol. The third-order valence-corrected chi connectivity index (χ3v) is 4.79. The molecule has 0 saturated carbocycles. The number of carbonyl (C=O) groups is 1. The fraction of sp³-hybridized carbons (Fsp3) is 0.533. The van der Waals surface area contributed by atoms with E-state index in [0.29, 0.717) is 24.7 Å². The minimum absolute atomic E-state index is 0.175. The molecule has 0 radical (unpaired) electrons. The summed E-state index contributed by atoms with van der Waals surface area (Å²) < 4.78 is 5.26. The van der Waals surface area contributed by atoms with Crippen LogP contribution in [0.3, 0.4) is 0 Å². The van der Waals surface area contributed by atoms with Gasteiger partial charge in [0.2, 0.25) is 11.8 Å². The molecule has 0 unspecified atom stereocenters. The van der Waals surface area contributed by atoms with Gasteiger partial charge in [0.1, 0.15) is 0 Å². The topological polar surface area (TPSA) is 59.2 Å². The number of hydrogen-bond donors (Lipinski definition) is 0. The smallest absolute Gasteiger partial charge is 0.231 e. The van der Waals surface area contributed by atoms with Crippen molar-refractivity contribution < 1.29 is 9.32 Å². The molecule has 5 nitrogen and oxygen atoms in total. The molecule has 2 aromatic heterocycles. The average Bonchev–Trinajstić information content (AvgIpc) is 3.08. The van der Waals surface area contributed by atoms with Crippen molar-refractivity contribution >= 4 is 17.2 Å². The summed E-state index contributed by atoms with van der Waals surface area (Å²) in [6, 6.07) is 4.11. The summed E-state index contributed by atoms with van der Waals surface area (Å²) in [6.45, 7) is 5.39. The van der Waals surface area contributed by atoms with E-state index in [2.05, 4.69) is 23.1 Å². The number of carbonyl (C=O) groups excluding carboxylic acids is 1. The zero-order chi connectivity index (χ0) is 14.8. The highest BCUT2D eigenvalue weighted by molar-refractivity contribution is 7.12. The van der Waals surface area contributed by atoms with Gasteiger partial charge in [0.05, 0.1) is 12.3 Å². The number of amides is 1. The molecule has 0 bridgehead atoms. The molecule has 1 atom stereocenters. The Morgan fingerprint density at radius 1 is 1.48 bits per heavy atom. The maximum atomic E-state index is 12.4. The van der Waals surface area contributed by atoms with E-state index in [0.717, 1.165) is 24.3 Å². The summed E-state index contributed by atoms with van der Waals surface area (Å²) in [6.07, 6.45) is 2.49. The molecule has 6 heteroatoms. The molecule has 112 valence electrons. The molecule has 3 rings (SSSR count). The normalized spacial score (nSPS) is 19.0. The van der Waals surface area contributed by atoms with Crippen LogP contribution in [0.15, 0.2) is 16.7 Å². The van der Waals surface area contributed by atoms with Crippen LogP contribution < -0.4 is 0 Å². The first kappa shape index (κ1) is 14.3. The van der Waals surface area contributed by atoms with E-state index in [1.54, 1.807) is 11.3 Å².